The van der Waals surface area contributed by atoms with E-state index in [4.69, 9.17) is 15.4 Å². The standard InChI is InChI=1S/C26H39N2O4/c1-2-3-4-13-24(32-28(27)30)23-12-7-9-20(18-23)19-31-25-14-8-11-21(10-5-6-17-29)26(25)22-15-16-22/h5,7,9-10,15,17,20,23-25H,2-4,6,8,11-14,16,18-19,27H2,1H3/q-1/b10-5-. The molecule has 4 atom stereocenters. The minimum atomic E-state index is -0.146. The van der Waals surface area contributed by atoms with Crippen molar-refractivity contribution >= 4 is 6.29 Å². The summed E-state index contributed by atoms with van der Waals surface area (Å²) in [5.41, 5.74) is 4.08. The van der Waals surface area contributed by atoms with Gasteiger partial charge in [0.05, 0.1) is 18.8 Å². The van der Waals surface area contributed by atoms with Crippen LogP contribution in [0, 0.1) is 17.0 Å². The molecule has 32 heavy (non-hydrogen) atoms. The molecule has 0 aromatic heterocycles. The Balaban J connectivity index is 1.59. The third-order valence-corrected chi connectivity index (χ3v) is 6.71. The lowest BCUT2D eigenvalue weighted by Gasteiger charge is -2.36. The summed E-state index contributed by atoms with van der Waals surface area (Å²) in [5, 5.41) is 11.5. The number of aldehydes is 1. The van der Waals surface area contributed by atoms with E-state index in [1.165, 1.54) is 16.7 Å². The second-order valence-corrected chi connectivity index (χ2v) is 9.24. The Kier molecular flexibility index (Phi) is 10.3. The lowest BCUT2D eigenvalue weighted by molar-refractivity contribution is -0.188. The highest BCUT2D eigenvalue weighted by Gasteiger charge is 2.31. The van der Waals surface area contributed by atoms with E-state index >= 15 is 0 Å². The van der Waals surface area contributed by atoms with Crippen molar-refractivity contribution in [1.29, 1.82) is 0 Å². The maximum Gasteiger partial charge on any atom is 0.123 e. The zero-order chi connectivity index (χ0) is 22.8. The number of hydrazine groups is 1. The third-order valence-electron chi connectivity index (χ3n) is 6.71. The monoisotopic (exact) mass is 443 g/mol. The number of hydrogen-bond donors (Lipinski definition) is 1. The third kappa shape index (κ3) is 7.78. The van der Waals surface area contributed by atoms with E-state index in [1.54, 1.807) is 0 Å². The average molecular weight is 444 g/mol. The van der Waals surface area contributed by atoms with Gasteiger partial charge in [-0.15, -0.1) is 0 Å². The molecule has 0 aromatic carbocycles. The Hall–Kier alpha value is -1.57. The molecular weight excluding hydrogens is 404 g/mol. The average Bonchev–Trinajstić information content (AvgIpc) is 3.62. The van der Waals surface area contributed by atoms with Gasteiger partial charge >= 0.3 is 0 Å². The van der Waals surface area contributed by atoms with E-state index in [9.17, 15) is 10.0 Å². The molecule has 0 amide bonds. The predicted molar refractivity (Wildman–Crippen MR) is 127 cm³/mol. The zero-order valence-corrected chi connectivity index (χ0v) is 19.4. The van der Waals surface area contributed by atoms with Gasteiger partial charge in [-0.2, -0.15) is 5.34 Å². The summed E-state index contributed by atoms with van der Waals surface area (Å²) in [6.45, 7) is 2.84. The fourth-order valence-corrected chi connectivity index (χ4v) is 5.03. The highest BCUT2D eigenvalue weighted by Crippen LogP contribution is 2.40. The van der Waals surface area contributed by atoms with Gasteiger partial charge in [-0.25, -0.2) is 0 Å². The summed E-state index contributed by atoms with van der Waals surface area (Å²) in [6, 6.07) is 0. The van der Waals surface area contributed by atoms with Gasteiger partial charge in [-0.05, 0) is 67.6 Å². The van der Waals surface area contributed by atoms with Gasteiger partial charge in [0.1, 0.15) is 6.29 Å². The molecule has 3 aliphatic rings. The summed E-state index contributed by atoms with van der Waals surface area (Å²) in [5.74, 6) is 5.87. The number of carbonyl (C=O) groups is 1. The van der Waals surface area contributed by atoms with Gasteiger partial charge in [0, 0.05) is 12.3 Å². The van der Waals surface area contributed by atoms with Crippen LogP contribution in [0.2, 0.25) is 0 Å². The van der Waals surface area contributed by atoms with Crippen molar-refractivity contribution in [1.82, 2.24) is 5.34 Å². The molecule has 0 saturated carbocycles. The minimum absolute atomic E-state index is 0.125. The Morgan fingerprint density at radius 3 is 2.94 bits per heavy atom. The fraction of sp³-hybridized carbons (Fsp3) is 0.654. The summed E-state index contributed by atoms with van der Waals surface area (Å²) in [7, 11) is 0. The number of nitrogens with zero attached hydrogens (tertiary/aromatic N) is 1. The van der Waals surface area contributed by atoms with Crippen molar-refractivity contribution in [2.45, 2.75) is 89.8 Å². The molecule has 3 aliphatic carbocycles. The smallest absolute Gasteiger partial charge is 0.123 e. The number of carbonyl (C=O) groups excluding carboxylic acids is 1. The molecule has 6 heteroatoms. The first kappa shape index (κ1) is 25.1. The highest BCUT2D eigenvalue weighted by molar-refractivity contribution is 5.54. The second-order valence-electron chi connectivity index (χ2n) is 9.24. The highest BCUT2D eigenvalue weighted by atomic mass is 16.9. The van der Waals surface area contributed by atoms with Crippen LogP contribution in [0.5, 0.6) is 0 Å². The van der Waals surface area contributed by atoms with Gasteiger partial charge in [0.25, 0.3) is 0 Å². The van der Waals surface area contributed by atoms with Crippen LogP contribution in [0.4, 0.5) is 0 Å². The Morgan fingerprint density at radius 1 is 1.38 bits per heavy atom. The molecule has 0 bridgehead atoms. The molecule has 0 fully saturated rings. The number of ether oxygens (including phenoxy) is 1. The van der Waals surface area contributed by atoms with E-state index in [-0.39, 0.29) is 23.5 Å². The van der Waals surface area contributed by atoms with Crippen molar-refractivity contribution < 1.29 is 14.4 Å². The van der Waals surface area contributed by atoms with Gasteiger partial charge < -0.3 is 14.7 Å². The summed E-state index contributed by atoms with van der Waals surface area (Å²) in [6.07, 6.45) is 22.4. The summed E-state index contributed by atoms with van der Waals surface area (Å²) in [4.78, 5) is 16.1. The first-order valence-corrected chi connectivity index (χ1v) is 12.3. The molecule has 0 heterocycles. The van der Waals surface area contributed by atoms with Crippen LogP contribution in [0.25, 0.3) is 0 Å². The number of hydrogen-bond acceptors (Lipinski definition) is 6. The normalized spacial score (nSPS) is 26.6. The zero-order valence-electron chi connectivity index (χ0n) is 19.4. The molecule has 0 aromatic rings. The molecular formula is C26H39N2O4-. The quantitative estimate of drug-likeness (QED) is 0.126. The lowest BCUT2D eigenvalue weighted by atomic mass is 9.81. The van der Waals surface area contributed by atoms with E-state index in [1.807, 2.05) is 6.08 Å². The van der Waals surface area contributed by atoms with Crippen LogP contribution in [-0.4, -0.2) is 30.4 Å². The maximum atomic E-state index is 11.4. The van der Waals surface area contributed by atoms with Crippen LogP contribution >= 0.6 is 0 Å². The van der Waals surface area contributed by atoms with Crippen LogP contribution in [0.1, 0.15) is 77.6 Å². The first-order valence-electron chi connectivity index (χ1n) is 12.3. The van der Waals surface area contributed by atoms with Crippen molar-refractivity contribution in [2.75, 3.05) is 6.61 Å². The van der Waals surface area contributed by atoms with Crippen LogP contribution in [0.15, 0.2) is 47.1 Å². The van der Waals surface area contributed by atoms with E-state index < -0.39 is 0 Å². The number of nitrogens with two attached hydrogens (primary N) is 1. The number of rotatable bonds is 14. The molecule has 4 unspecified atom stereocenters. The molecule has 2 N–H and O–H groups in total. The van der Waals surface area contributed by atoms with Gasteiger partial charge in [-0.3, -0.25) is 10.7 Å². The molecule has 0 saturated heterocycles. The maximum absolute atomic E-state index is 11.4. The predicted octanol–water partition coefficient (Wildman–Crippen LogP) is 5.46. The fourth-order valence-electron chi connectivity index (χ4n) is 5.03. The molecule has 178 valence electrons. The molecule has 0 aliphatic heterocycles. The van der Waals surface area contributed by atoms with Crippen molar-refractivity contribution in [3.8, 4) is 0 Å². The molecule has 0 spiro atoms. The second kappa shape index (κ2) is 13.2. The topological polar surface area (TPSA) is 87.8 Å². The lowest BCUT2D eigenvalue weighted by Crippen LogP contribution is -2.36. The molecule has 0 radical (unpaired) electrons. The van der Waals surface area contributed by atoms with Gasteiger partial charge in [0.2, 0.25) is 0 Å². The SMILES string of the molecule is CCCCCC(ON(N)[O-])C1CC=CC(COC2CCCC(/C=C\CC=O)=C2C2=CC2)C1. The van der Waals surface area contributed by atoms with Crippen molar-refractivity contribution in [2.24, 2.45) is 17.7 Å². The molecule has 3 rings (SSSR count). The number of unbranched alkanes of at least 4 members (excludes halogenated alkanes) is 2. The van der Waals surface area contributed by atoms with Crippen LogP contribution < -0.4 is 5.84 Å². The Labute approximate surface area is 192 Å². The first-order chi connectivity index (χ1) is 15.6. The van der Waals surface area contributed by atoms with E-state index in [2.05, 4.69) is 31.2 Å². The molecule has 6 nitrogen and oxygen atoms in total. The van der Waals surface area contributed by atoms with E-state index in [0.717, 1.165) is 70.5 Å². The van der Waals surface area contributed by atoms with Crippen LogP contribution in [0.3, 0.4) is 0 Å². The Bertz CT molecular complexity index is 725. The van der Waals surface area contributed by atoms with Crippen LogP contribution in [-0.2, 0) is 14.4 Å². The largest absolute Gasteiger partial charge is 0.748 e. The minimum Gasteiger partial charge on any atom is -0.748 e. The van der Waals surface area contributed by atoms with Crippen molar-refractivity contribution in [3.63, 3.8) is 0 Å². The Morgan fingerprint density at radius 2 is 2.22 bits per heavy atom. The van der Waals surface area contributed by atoms with Gasteiger partial charge in [0.15, 0.2) is 0 Å². The van der Waals surface area contributed by atoms with E-state index in [0.29, 0.717) is 18.9 Å². The van der Waals surface area contributed by atoms with Crippen molar-refractivity contribution in [3.05, 3.63) is 52.3 Å². The number of allylic oxidation sites excluding steroid dienone is 5. The van der Waals surface area contributed by atoms with Gasteiger partial charge in [-0.1, -0.05) is 56.6 Å². The summed E-state index contributed by atoms with van der Waals surface area (Å²) >= 11 is 0. The summed E-state index contributed by atoms with van der Waals surface area (Å²) < 4.78 is 6.49.